The van der Waals surface area contributed by atoms with E-state index >= 15 is 0 Å². The van der Waals surface area contributed by atoms with Crippen LogP contribution in [0.15, 0.2) is 82.7 Å². The number of amides is 1. The van der Waals surface area contributed by atoms with E-state index in [4.69, 9.17) is 9.18 Å². The van der Waals surface area contributed by atoms with Crippen LogP contribution in [0.5, 0.6) is 0 Å². The standard InChI is InChI=1S/C30H34N4O4S/c1-21(2)20-38-39(36,37)25-13-14-27-26(19-25)28(30(35)32-27)29(22-7-5-4-6-8-22)31-23-9-11-24(12-10-23)34-17-15-33(3)16-18-34/h4-14,19,21,28H,15-18,20H2,1-3H3,(H,32,35). The highest BCUT2D eigenvalue weighted by atomic mass is 32.2. The zero-order valence-corrected chi connectivity index (χ0v) is 23.3. The van der Waals surface area contributed by atoms with Crippen molar-refractivity contribution in [2.45, 2.75) is 24.7 Å². The Labute approximate surface area is 230 Å². The molecule has 1 N–H and O–H groups in total. The molecular formula is C30H34N4O4S. The van der Waals surface area contributed by atoms with Gasteiger partial charge in [-0.3, -0.25) is 14.0 Å². The van der Waals surface area contributed by atoms with Crippen molar-refractivity contribution >= 4 is 38.8 Å². The second kappa shape index (κ2) is 11.3. The number of piperazine rings is 1. The Balaban J connectivity index is 1.51. The quantitative estimate of drug-likeness (QED) is 0.327. The molecule has 39 heavy (non-hydrogen) atoms. The Morgan fingerprint density at radius 1 is 1.00 bits per heavy atom. The molecular weight excluding hydrogens is 512 g/mol. The predicted molar refractivity (Wildman–Crippen MR) is 155 cm³/mol. The van der Waals surface area contributed by atoms with Crippen LogP contribution < -0.4 is 10.2 Å². The second-order valence-corrected chi connectivity index (χ2v) is 12.1. The summed E-state index contributed by atoms with van der Waals surface area (Å²) in [7, 11) is -1.84. The second-order valence-electron chi connectivity index (χ2n) is 10.5. The highest BCUT2D eigenvalue weighted by Crippen LogP contribution is 2.38. The topological polar surface area (TPSA) is 91.3 Å². The van der Waals surface area contributed by atoms with Gasteiger partial charge in [-0.25, -0.2) is 0 Å². The summed E-state index contributed by atoms with van der Waals surface area (Å²) in [4.78, 5) is 23.0. The fraction of sp³-hybridized carbons (Fsp3) is 0.333. The zero-order valence-electron chi connectivity index (χ0n) is 22.5. The van der Waals surface area contributed by atoms with Crippen molar-refractivity contribution in [1.82, 2.24) is 4.90 Å². The van der Waals surface area contributed by atoms with Gasteiger partial charge in [0.1, 0.15) is 5.92 Å². The molecule has 0 bridgehead atoms. The number of hydrogen-bond donors (Lipinski definition) is 1. The van der Waals surface area contributed by atoms with E-state index < -0.39 is 16.0 Å². The zero-order chi connectivity index (χ0) is 27.6. The van der Waals surface area contributed by atoms with E-state index in [1.807, 2.05) is 56.3 Å². The number of benzene rings is 3. The summed E-state index contributed by atoms with van der Waals surface area (Å²) in [5.74, 6) is -0.969. The molecule has 204 valence electrons. The van der Waals surface area contributed by atoms with Crippen LogP contribution >= 0.6 is 0 Å². The smallest absolute Gasteiger partial charge is 0.296 e. The van der Waals surface area contributed by atoms with E-state index in [9.17, 15) is 13.2 Å². The molecule has 0 saturated carbocycles. The van der Waals surface area contributed by atoms with Crippen molar-refractivity contribution in [3.05, 3.63) is 83.9 Å². The van der Waals surface area contributed by atoms with Crippen molar-refractivity contribution in [1.29, 1.82) is 0 Å². The molecule has 1 amide bonds. The lowest BCUT2D eigenvalue weighted by Gasteiger charge is -2.34. The van der Waals surface area contributed by atoms with Gasteiger partial charge in [0.15, 0.2) is 0 Å². The maximum Gasteiger partial charge on any atom is 0.296 e. The number of nitrogens with one attached hydrogen (secondary N) is 1. The van der Waals surface area contributed by atoms with Crippen molar-refractivity contribution in [2.24, 2.45) is 10.9 Å². The number of likely N-dealkylation sites (N-methyl/N-ethyl adjacent to an activating group) is 1. The Hall–Kier alpha value is -3.53. The van der Waals surface area contributed by atoms with E-state index in [-0.39, 0.29) is 23.3 Å². The SMILES string of the molecule is CC(C)COS(=O)(=O)c1ccc2c(c1)C(C(=Nc1ccc(N3CCN(C)CC3)cc1)c1ccccc1)C(=O)N2. The molecule has 3 aromatic carbocycles. The molecule has 0 aromatic heterocycles. The van der Waals surface area contributed by atoms with Crippen molar-refractivity contribution in [3.63, 3.8) is 0 Å². The number of carbonyl (C=O) groups excluding carboxylic acids is 1. The molecule has 1 saturated heterocycles. The summed E-state index contributed by atoms with van der Waals surface area (Å²) >= 11 is 0. The first-order chi connectivity index (χ1) is 18.7. The molecule has 0 spiro atoms. The van der Waals surface area contributed by atoms with Gasteiger partial charge in [-0.15, -0.1) is 0 Å². The number of fused-ring (bicyclic) bond motifs is 1. The van der Waals surface area contributed by atoms with Gasteiger partial charge in [0, 0.05) is 37.6 Å². The van der Waals surface area contributed by atoms with Crippen LogP contribution in [0.2, 0.25) is 0 Å². The number of aliphatic imine (C=N–C) groups is 1. The number of carbonyl (C=O) groups is 1. The summed E-state index contributed by atoms with van der Waals surface area (Å²) in [6, 6.07) is 22.2. The van der Waals surface area contributed by atoms with Gasteiger partial charge in [0.2, 0.25) is 5.91 Å². The minimum atomic E-state index is -3.97. The van der Waals surface area contributed by atoms with E-state index in [2.05, 4.69) is 34.3 Å². The minimum absolute atomic E-state index is 0.0207. The number of rotatable bonds is 8. The van der Waals surface area contributed by atoms with Crippen LogP contribution in [0.1, 0.15) is 30.9 Å². The average molecular weight is 547 g/mol. The van der Waals surface area contributed by atoms with Crippen LogP contribution in [0.4, 0.5) is 17.1 Å². The van der Waals surface area contributed by atoms with E-state index in [0.717, 1.165) is 43.1 Å². The Kier molecular flexibility index (Phi) is 7.83. The van der Waals surface area contributed by atoms with E-state index in [1.54, 1.807) is 6.07 Å². The lowest BCUT2D eigenvalue weighted by Crippen LogP contribution is -2.44. The molecule has 1 unspecified atom stereocenters. The molecule has 1 atom stereocenters. The maximum absolute atomic E-state index is 13.3. The summed E-state index contributed by atoms with van der Waals surface area (Å²) in [6.45, 7) is 7.84. The molecule has 5 rings (SSSR count). The normalized spacial score (nSPS) is 18.4. The van der Waals surface area contributed by atoms with Crippen LogP contribution in [0.25, 0.3) is 0 Å². The van der Waals surface area contributed by atoms with Crippen molar-refractivity contribution in [3.8, 4) is 0 Å². The van der Waals surface area contributed by atoms with Gasteiger partial charge in [0.05, 0.1) is 22.9 Å². The predicted octanol–water partition coefficient (Wildman–Crippen LogP) is 4.66. The molecule has 2 aliphatic heterocycles. The van der Waals surface area contributed by atoms with Crippen molar-refractivity contribution in [2.75, 3.05) is 50.1 Å². The Morgan fingerprint density at radius 3 is 2.36 bits per heavy atom. The highest BCUT2D eigenvalue weighted by molar-refractivity contribution is 7.86. The molecule has 3 aromatic rings. The third-order valence-electron chi connectivity index (χ3n) is 7.01. The summed E-state index contributed by atoms with van der Waals surface area (Å²) in [5, 5.41) is 2.90. The van der Waals surface area contributed by atoms with Crippen LogP contribution in [0.3, 0.4) is 0 Å². The third kappa shape index (κ3) is 6.06. The van der Waals surface area contributed by atoms with Crippen LogP contribution in [-0.2, 0) is 19.1 Å². The highest BCUT2D eigenvalue weighted by Gasteiger charge is 2.36. The van der Waals surface area contributed by atoms with Gasteiger partial charge >= 0.3 is 0 Å². The molecule has 0 aliphatic carbocycles. The van der Waals surface area contributed by atoms with Crippen LogP contribution in [-0.4, -0.2) is 64.8 Å². The lowest BCUT2D eigenvalue weighted by molar-refractivity contribution is -0.115. The molecule has 0 radical (unpaired) electrons. The number of anilines is 2. The van der Waals surface area contributed by atoms with Crippen LogP contribution in [0, 0.1) is 5.92 Å². The molecule has 2 aliphatic rings. The minimum Gasteiger partial charge on any atom is -0.369 e. The van der Waals surface area contributed by atoms with Gasteiger partial charge in [-0.2, -0.15) is 8.42 Å². The summed E-state index contributed by atoms with van der Waals surface area (Å²) in [6.07, 6.45) is 0. The fourth-order valence-corrected chi connectivity index (χ4v) is 5.90. The fourth-order valence-electron chi connectivity index (χ4n) is 4.81. The van der Waals surface area contributed by atoms with Gasteiger partial charge in [-0.1, -0.05) is 44.2 Å². The average Bonchev–Trinajstić information content (AvgIpc) is 3.26. The first-order valence-corrected chi connectivity index (χ1v) is 14.6. The van der Waals surface area contributed by atoms with Gasteiger partial charge < -0.3 is 15.1 Å². The summed E-state index contributed by atoms with van der Waals surface area (Å²) in [5.41, 5.74) is 4.34. The van der Waals surface area contributed by atoms with E-state index in [1.165, 1.54) is 12.1 Å². The Bertz CT molecular complexity index is 1460. The maximum atomic E-state index is 13.3. The lowest BCUT2D eigenvalue weighted by atomic mass is 9.90. The van der Waals surface area contributed by atoms with E-state index in [0.29, 0.717) is 17.0 Å². The Morgan fingerprint density at radius 2 is 1.69 bits per heavy atom. The molecule has 9 heteroatoms. The third-order valence-corrected chi connectivity index (χ3v) is 8.29. The van der Waals surface area contributed by atoms with Gasteiger partial charge in [-0.05, 0) is 66.6 Å². The van der Waals surface area contributed by atoms with Gasteiger partial charge in [0.25, 0.3) is 10.1 Å². The largest absolute Gasteiger partial charge is 0.369 e. The first-order valence-electron chi connectivity index (χ1n) is 13.2. The number of hydrogen-bond acceptors (Lipinski definition) is 7. The molecule has 8 nitrogen and oxygen atoms in total. The van der Waals surface area contributed by atoms with Crippen molar-refractivity contribution < 1.29 is 17.4 Å². The molecule has 2 heterocycles. The number of nitrogens with zero attached hydrogens (tertiary/aromatic N) is 3. The summed E-state index contributed by atoms with van der Waals surface area (Å²) < 4.78 is 31.0. The first kappa shape index (κ1) is 27.1. The molecule has 1 fully saturated rings. The monoisotopic (exact) mass is 546 g/mol.